The zero-order chi connectivity index (χ0) is 33.0. The zero-order valence-electron chi connectivity index (χ0n) is 26.0. The Morgan fingerprint density at radius 1 is 1.04 bits per heavy atom. The number of nitrogens with zero attached hydrogens (tertiary/aromatic N) is 4. The molecule has 3 aromatic carbocycles. The third kappa shape index (κ3) is 7.80. The van der Waals surface area contributed by atoms with Gasteiger partial charge < -0.3 is 25.6 Å². The summed E-state index contributed by atoms with van der Waals surface area (Å²) >= 11 is 0. The first-order chi connectivity index (χ1) is 22.6. The van der Waals surface area contributed by atoms with Crippen LogP contribution in [-0.2, 0) is 15.7 Å². The highest BCUT2D eigenvalue weighted by Crippen LogP contribution is 2.36. The van der Waals surface area contributed by atoms with Crippen molar-refractivity contribution in [2.45, 2.75) is 19.5 Å². The van der Waals surface area contributed by atoms with Gasteiger partial charge in [0.1, 0.15) is 0 Å². The van der Waals surface area contributed by atoms with Gasteiger partial charge in [0.05, 0.1) is 42.2 Å². The summed E-state index contributed by atoms with van der Waals surface area (Å²) in [5.41, 5.74) is 3.03. The number of fused-ring (bicyclic) bond motifs is 1. The van der Waals surface area contributed by atoms with E-state index in [0.29, 0.717) is 24.7 Å². The SMILES string of the molecule is Cc1ccc(C(=O)Nc2cc(C(F)(F)F)ccc2N2CCNC(=O)C2)cc1-c1ccc2nc(NCCCN3CCOCC3)ncc2c1. The molecule has 2 aliphatic heterocycles. The molecular weight excluding hydrogens is 611 g/mol. The highest BCUT2D eigenvalue weighted by molar-refractivity contribution is 6.07. The van der Waals surface area contributed by atoms with Gasteiger partial charge >= 0.3 is 6.18 Å². The van der Waals surface area contributed by atoms with E-state index in [0.717, 1.165) is 85.5 Å². The summed E-state index contributed by atoms with van der Waals surface area (Å²) in [6.45, 7) is 7.86. The van der Waals surface area contributed by atoms with Crippen LogP contribution in [0.1, 0.15) is 27.9 Å². The Hall–Kier alpha value is -4.75. The van der Waals surface area contributed by atoms with Crippen LogP contribution in [0.5, 0.6) is 0 Å². The van der Waals surface area contributed by atoms with E-state index in [9.17, 15) is 22.8 Å². The maximum absolute atomic E-state index is 13.6. The van der Waals surface area contributed by atoms with Gasteiger partial charge in [-0.3, -0.25) is 14.5 Å². The van der Waals surface area contributed by atoms with Crippen LogP contribution in [0, 0.1) is 6.92 Å². The summed E-state index contributed by atoms with van der Waals surface area (Å²) in [6.07, 6.45) is -1.87. The van der Waals surface area contributed by atoms with Gasteiger partial charge in [-0.05, 0) is 79.0 Å². The van der Waals surface area contributed by atoms with Crippen LogP contribution in [-0.4, -0.2) is 85.7 Å². The zero-order valence-corrected chi connectivity index (χ0v) is 26.0. The number of piperazine rings is 1. The Morgan fingerprint density at radius 3 is 2.66 bits per heavy atom. The second-order valence-corrected chi connectivity index (χ2v) is 11.7. The van der Waals surface area contributed by atoms with E-state index >= 15 is 0 Å². The molecule has 4 aromatic rings. The lowest BCUT2D eigenvalue weighted by molar-refractivity contribution is -0.137. The summed E-state index contributed by atoms with van der Waals surface area (Å²) < 4.78 is 46.2. The molecule has 3 N–H and O–H groups in total. The smallest absolute Gasteiger partial charge is 0.379 e. The van der Waals surface area contributed by atoms with Crippen molar-refractivity contribution in [2.75, 3.05) is 74.6 Å². The molecule has 0 bridgehead atoms. The molecule has 0 unspecified atom stereocenters. The van der Waals surface area contributed by atoms with Crippen LogP contribution in [0.15, 0.2) is 60.8 Å². The number of aromatic nitrogens is 2. The third-order valence-electron chi connectivity index (χ3n) is 8.38. The van der Waals surface area contributed by atoms with Gasteiger partial charge in [0, 0.05) is 49.9 Å². The van der Waals surface area contributed by atoms with Crippen LogP contribution in [0.4, 0.5) is 30.5 Å². The van der Waals surface area contributed by atoms with Gasteiger partial charge in [0.25, 0.3) is 5.91 Å². The highest BCUT2D eigenvalue weighted by atomic mass is 19.4. The van der Waals surface area contributed by atoms with Gasteiger partial charge in [-0.25, -0.2) is 9.97 Å². The molecule has 47 heavy (non-hydrogen) atoms. The van der Waals surface area contributed by atoms with Crippen LogP contribution in [0.25, 0.3) is 22.0 Å². The molecule has 0 radical (unpaired) electrons. The molecule has 0 atom stereocenters. The van der Waals surface area contributed by atoms with Gasteiger partial charge in [-0.2, -0.15) is 13.2 Å². The largest absolute Gasteiger partial charge is 0.416 e. The first-order valence-corrected chi connectivity index (χ1v) is 15.6. The quantitative estimate of drug-likeness (QED) is 0.219. The minimum atomic E-state index is -4.60. The molecule has 3 heterocycles. The molecule has 0 spiro atoms. The average Bonchev–Trinajstić information content (AvgIpc) is 3.06. The number of rotatable bonds is 9. The Bertz CT molecular complexity index is 1780. The summed E-state index contributed by atoms with van der Waals surface area (Å²) in [6, 6.07) is 14.1. The number of hydrogen-bond acceptors (Lipinski definition) is 8. The fourth-order valence-electron chi connectivity index (χ4n) is 5.81. The van der Waals surface area contributed by atoms with Crippen molar-refractivity contribution in [3.8, 4) is 11.1 Å². The van der Waals surface area contributed by atoms with E-state index < -0.39 is 17.6 Å². The first-order valence-electron chi connectivity index (χ1n) is 15.6. The minimum Gasteiger partial charge on any atom is -0.379 e. The number of carbonyl (C=O) groups is 2. The first kappa shape index (κ1) is 32.2. The Labute approximate surface area is 270 Å². The van der Waals surface area contributed by atoms with Crippen molar-refractivity contribution in [1.82, 2.24) is 20.2 Å². The number of hydrogen-bond donors (Lipinski definition) is 3. The monoisotopic (exact) mass is 647 g/mol. The van der Waals surface area contributed by atoms with E-state index in [1.807, 2.05) is 25.1 Å². The number of alkyl halides is 3. The summed E-state index contributed by atoms with van der Waals surface area (Å²) in [5.74, 6) is -0.257. The van der Waals surface area contributed by atoms with Gasteiger partial charge in [0.2, 0.25) is 11.9 Å². The maximum Gasteiger partial charge on any atom is 0.416 e. The van der Waals surface area contributed by atoms with Crippen molar-refractivity contribution >= 4 is 40.0 Å². The molecule has 0 saturated carbocycles. The topological polar surface area (TPSA) is 112 Å². The van der Waals surface area contributed by atoms with E-state index in [1.54, 1.807) is 29.3 Å². The number of halogens is 3. The highest BCUT2D eigenvalue weighted by Gasteiger charge is 2.32. The van der Waals surface area contributed by atoms with Crippen molar-refractivity contribution in [3.63, 3.8) is 0 Å². The standard InChI is InChI=1S/C34H36F3N7O3/c1-22-3-4-24(32(46)41-29-19-26(34(35,36)37)6-8-30(29)44-12-10-38-31(45)21-44)18-27(22)23-5-7-28-25(17-23)20-40-33(42-28)39-9-2-11-43-13-15-47-16-14-43/h3-8,17-20H,2,9-16,21H2,1H3,(H,38,45)(H,41,46)(H,39,40,42). The van der Waals surface area contributed by atoms with E-state index in [-0.39, 0.29) is 23.7 Å². The van der Waals surface area contributed by atoms with Gasteiger partial charge in [-0.1, -0.05) is 12.1 Å². The molecule has 2 fully saturated rings. The lowest BCUT2D eigenvalue weighted by Gasteiger charge is -2.30. The lowest BCUT2D eigenvalue weighted by atomic mass is 9.97. The average molecular weight is 648 g/mol. The number of anilines is 3. The summed E-state index contributed by atoms with van der Waals surface area (Å²) in [7, 11) is 0. The van der Waals surface area contributed by atoms with Crippen LogP contribution in [0.3, 0.4) is 0 Å². The number of morpholine rings is 1. The molecule has 6 rings (SSSR count). The second kappa shape index (κ2) is 13.9. The van der Waals surface area contributed by atoms with E-state index in [1.165, 1.54) is 6.07 Å². The number of aryl methyl sites for hydroxylation is 1. The molecule has 246 valence electrons. The molecule has 2 aliphatic rings. The molecule has 2 saturated heterocycles. The van der Waals surface area contributed by atoms with Crippen molar-refractivity contribution < 1.29 is 27.5 Å². The Balaban J connectivity index is 1.18. The predicted molar refractivity (Wildman–Crippen MR) is 175 cm³/mol. The summed E-state index contributed by atoms with van der Waals surface area (Å²) in [5, 5.41) is 9.51. The lowest BCUT2D eigenvalue weighted by Crippen LogP contribution is -2.48. The number of carbonyl (C=O) groups excluding carboxylic acids is 2. The van der Waals surface area contributed by atoms with Crippen LogP contribution >= 0.6 is 0 Å². The fourth-order valence-corrected chi connectivity index (χ4v) is 5.81. The second-order valence-electron chi connectivity index (χ2n) is 11.7. The van der Waals surface area contributed by atoms with E-state index in [2.05, 4.69) is 30.8 Å². The van der Waals surface area contributed by atoms with Gasteiger partial charge in [0.15, 0.2) is 0 Å². The normalized spacial score (nSPS) is 15.8. The van der Waals surface area contributed by atoms with Crippen LogP contribution < -0.4 is 20.9 Å². The molecule has 0 aliphatic carbocycles. The van der Waals surface area contributed by atoms with E-state index in [4.69, 9.17) is 4.74 Å². The molecule has 1 aromatic heterocycles. The third-order valence-corrected chi connectivity index (χ3v) is 8.38. The molecular formula is C34H36F3N7O3. The fraction of sp³-hybridized carbons (Fsp3) is 0.353. The number of benzene rings is 3. The molecule has 13 heteroatoms. The Kier molecular flexibility index (Phi) is 9.55. The van der Waals surface area contributed by atoms with Crippen molar-refractivity contribution in [3.05, 3.63) is 77.5 Å². The van der Waals surface area contributed by atoms with Crippen molar-refractivity contribution in [1.29, 1.82) is 0 Å². The maximum atomic E-state index is 13.6. The Morgan fingerprint density at radius 2 is 1.87 bits per heavy atom. The minimum absolute atomic E-state index is 0.0185. The summed E-state index contributed by atoms with van der Waals surface area (Å²) in [4.78, 5) is 38.7. The molecule has 2 amide bonds. The predicted octanol–water partition coefficient (Wildman–Crippen LogP) is 4.95. The van der Waals surface area contributed by atoms with Crippen LogP contribution in [0.2, 0.25) is 0 Å². The van der Waals surface area contributed by atoms with Gasteiger partial charge in [-0.15, -0.1) is 0 Å². The number of ether oxygens (including phenoxy) is 1. The number of amides is 2. The van der Waals surface area contributed by atoms with Crippen molar-refractivity contribution in [2.24, 2.45) is 0 Å². The number of nitrogens with one attached hydrogen (secondary N) is 3. The molecule has 10 nitrogen and oxygen atoms in total.